The van der Waals surface area contributed by atoms with Crippen molar-refractivity contribution >= 4 is 35.1 Å². The van der Waals surface area contributed by atoms with Crippen LogP contribution in [0.25, 0.3) is 16.8 Å². The number of anilines is 3. The molecule has 6 aromatic rings. The Hall–Kier alpha value is -6.03. The number of hydrogen-bond acceptors (Lipinski definition) is 7. The zero-order chi connectivity index (χ0) is 31.5. The van der Waals surface area contributed by atoms with Crippen molar-refractivity contribution in [3.63, 3.8) is 0 Å². The summed E-state index contributed by atoms with van der Waals surface area (Å²) >= 11 is 0. The van der Waals surface area contributed by atoms with Gasteiger partial charge >= 0.3 is 6.09 Å². The van der Waals surface area contributed by atoms with E-state index in [9.17, 15) is 9.59 Å². The molecule has 1 saturated heterocycles. The number of nitrogens with zero attached hydrogens (tertiary/aromatic N) is 5. The van der Waals surface area contributed by atoms with Gasteiger partial charge in [0.25, 0.3) is 5.91 Å². The van der Waals surface area contributed by atoms with Gasteiger partial charge in [0.05, 0.1) is 17.6 Å². The number of imidazole rings is 1. The zero-order valence-electron chi connectivity index (χ0n) is 25.1. The number of amides is 2. The smallest absolute Gasteiger partial charge is 0.415 e. The number of aromatic nitrogens is 4. The number of carbonyl (C=O) groups excluding carboxylic acids is 2. The van der Waals surface area contributed by atoms with E-state index < -0.39 is 6.09 Å². The molecule has 10 nitrogen and oxygen atoms in total. The highest BCUT2D eigenvalue weighted by atomic mass is 16.6. The van der Waals surface area contributed by atoms with E-state index in [2.05, 4.69) is 49.9 Å². The third-order valence-corrected chi connectivity index (χ3v) is 8.05. The number of nitrogens with one attached hydrogen (secondary N) is 2. The van der Waals surface area contributed by atoms with Crippen molar-refractivity contribution in [1.29, 1.82) is 0 Å². The topological polar surface area (TPSA) is 114 Å². The number of pyridine rings is 1. The molecule has 1 fully saturated rings. The van der Waals surface area contributed by atoms with Gasteiger partial charge in [-0.15, -0.1) is 0 Å². The van der Waals surface area contributed by atoms with E-state index in [4.69, 9.17) is 4.74 Å². The quantitative estimate of drug-likeness (QED) is 0.186. The molecule has 0 aliphatic carbocycles. The van der Waals surface area contributed by atoms with Gasteiger partial charge in [0.15, 0.2) is 0 Å². The first-order chi connectivity index (χ1) is 22.5. The summed E-state index contributed by atoms with van der Waals surface area (Å²) < 4.78 is 7.20. The monoisotopic (exact) mass is 609 g/mol. The Kier molecular flexibility index (Phi) is 7.82. The number of carbonyl (C=O) groups is 2. The molecule has 3 aromatic heterocycles. The van der Waals surface area contributed by atoms with E-state index in [1.165, 1.54) is 0 Å². The molecule has 2 atom stereocenters. The maximum Gasteiger partial charge on any atom is 0.415 e. The van der Waals surface area contributed by atoms with Gasteiger partial charge in [-0.3, -0.25) is 9.69 Å². The van der Waals surface area contributed by atoms with Crippen LogP contribution in [0.4, 0.5) is 22.2 Å². The SMILES string of the molecule is C[C@H](Nc1nccc(N2C(=O)OC[C@@H]2Cc2ccccc2)n1)c1ccc(-c2ccc(NC(=O)c3ccc4nccn4c3)cc2)cc1. The van der Waals surface area contributed by atoms with E-state index in [1.807, 2.05) is 78.2 Å². The summed E-state index contributed by atoms with van der Waals surface area (Å²) in [5.41, 5.74) is 6.32. The fourth-order valence-corrected chi connectivity index (χ4v) is 5.58. The maximum atomic E-state index is 12.8. The van der Waals surface area contributed by atoms with Crippen molar-refractivity contribution in [3.05, 3.63) is 139 Å². The lowest BCUT2D eigenvalue weighted by Crippen LogP contribution is -2.35. The van der Waals surface area contributed by atoms with Crippen LogP contribution in [0, 0.1) is 0 Å². The van der Waals surface area contributed by atoms with Crippen molar-refractivity contribution in [1.82, 2.24) is 19.4 Å². The molecule has 3 aromatic carbocycles. The van der Waals surface area contributed by atoms with Crippen LogP contribution in [0.1, 0.15) is 34.5 Å². The van der Waals surface area contributed by atoms with Gasteiger partial charge in [0.2, 0.25) is 5.95 Å². The summed E-state index contributed by atoms with van der Waals surface area (Å²) in [6.07, 6.45) is 7.18. The Labute approximate surface area is 265 Å². The first kappa shape index (κ1) is 28.7. The summed E-state index contributed by atoms with van der Waals surface area (Å²) in [4.78, 5) is 40.3. The van der Waals surface area contributed by atoms with Gasteiger partial charge in [-0.25, -0.2) is 14.8 Å². The summed E-state index contributed by atoms with van der Waals surface area (Å²) in [7, 11) is 0. The molecule has 10 heteroatoms. The lowest BCUT2D eigenvalue weighted by Gasteiger charge is -2.21. The van der Waals surface area contributed by atoms with Crippen LogP contribution in [0.2, 0.25) is 0 Å². The summed E-state index contributed by atoms with van der Waals surface area (Å²) in [6, 6.07) is 31.1. The van der Waals surface area contributed by atoms with E-state index in [0.29, 0.717) is 36.0 Å². The largest absolute Gasteiger partial charge is 0.447 e. The molecule has 4 heterocycles. The molecule has 46 heavy (non-hydrogen) atoms. The number of benzene rings is 3. The van der Waals surface area contributed by atoms with Crippen molar-refractivity contribution in [2.75, 3.05) is 22.1 Å². The summed E-state index contributed by atoms with van der Waals surface area (Å²) in [6.45, 7) is 2.35. The van der Waals surface area contributed by atoms with Crippen molar-refractivity contribution in [3.8, 4) is 11.1 Å². The number of cyclic esters (lactones) is 1. The average molecular weight is 610 g/mol. The lowest BCUT2D eigenvalue weighted by molar-refractivity contribution is 0.102. The van der Waals surface area contributed by atoms with Gasteiger partial charge in [-0.1, -0.05) is 66.7 Å². The Balaban J connectivity index is 0.985. The molecule has 0 unspecified atom stereocenters. The molecule has 228 valence electrons. The molecular formula is C36H31N7O3. The standard InChI is InChI=1S/C36H31N7O3/c1-24(39-35-38-18-17-33(41-35)43-31(23-46-36(43)45)21-25-5-3-2-4-6-25)26-7-9-27(10-8-26)28-11-14-30(15-12-28)40-34(44)29-13-16-32-37-19-20-42(32)22-29/h2-20,22,24,31H,21,23H2,1H3,(H,40,44)(H,38,39,41)/t24-,31-/m0/s1. The first-order valence-electron chi connectivity index (χ1n) is 15.0. The van der Waals surface area contributed by atoms with E-state index in [-0.39, 0.29) is 18.0 Å². The molecule has 2 N–H and O–H groups in total. The second-order valence-corrected chi connectivity index (χ2v) is 11.2. The fraction of sp³-hybridized carbons (Fsp3) is 0.139. The van der Waals surface area contributed by atoms with Gasteiger partial charge in [0, 0.05) is 30.5 Å². The molecule has 0 radical (unpaired) electrons. The highest BCUT2D eigenvalue weighted by molar-refractivity contribution is 6.04. The van der Waals surface area contributed by atoms with Crippen LogP contribution in [-0.4, -0.2) is 44.0 Å². The molecule has 1 aliphatic rings. The van der Waals surface area contributed by atoms with Gasteiger partial charge in [-0.05, 0) is 65.9 Å². The molecule has 7 rings (SSSR count). The van der Waals surface area contributed by atoms with Crippen molar-refractivity contribution < 1.29 is 14.3 Å². The van der Waals surface area contributed by atoms with Crippen LogP contribution in [-0.2, 0) is 11.2 Å². The van der Waals surface area contributed by atoms with E-state index >= 15 is 0 Å². The molecule has 0 bridgehead atoms. The first-order valence-corrected chi connectivity index (χ1v) is 15.0. The predicted molar refractivity (Wildman–Crippen MR) is 177 cm³/mol. The second-order valence-electron chi connectivity index (χ2n) is 11.2. The minimum Gasteiger partial charge on any atom is -0.447 e. The maximum absolute atomic E-state index is 12.8. The highest BCUT2D eigenvalue weighted by Crippen LogP contribution is 2.27. The van der Waals surface area contributed by atoms with Crippen LogP contribution in [0.3, 0.4) is 0 Å². The molecule has 0 spiro atoms. The van der Waals surface area contributed by atoms with Crippen LogP contribution >= 0.6 is 0 Å². The number of rotatable bonds is 9. The minimum absolute atomic E-state index is 0.0888. The normalized spacial score (nSPS) is 15.0. The molecule has 1 aliphatic heterocycles. The Morgan fingerprint density at radius 1 is 0.913 bits per heavy atom. The molecule has 0 saturated carbocycles. The number of hydrogen-bond donors (Lipinski definition) is 2. The van der Waals surface area contributed by atoms with Crippen molar-refractivity contribution in [2.45, 2.75) is 25.4 Å². The summed E-state index contributed by atoms with van der Waals surface area (Å²) in [5, 5.41) is 6.32. The predicted octanol–water partition coefficient (Wildman–Crippen LogP) is 6.78. The Bertz CT molecular complexity index is 1990. The van der Waals surface area contributed by atoms with Crippen molar-refractivity contribution in [2.24, 2.45) is 0 Å². The third-order valence-electron chi connectivity index (χ3n) is 8.05. The van der Waals surface area contributed by atoms with Gasteiger partial charge < -0.3 is 19.8 Å². The lowest BCUT2D eigenvalue weighted by atomic mass is 10.0. The minimum atomic E-state index is -0.405. The molecule has 2 amide bonds. The fourth-order valence-electron chi connectivity index (χ4n) is 5.58. The molecular weight excluding hydrogens is 578 g/mol. The average Bonchev–Trinajstić information content (AvgIpc) is 3.71. The number of fused-ring (bicyclic) bond motifs is 1. The van der Waals surface area contributed by atoms with Crippen LogP contribution in [0.15, 0.2) is 122 Å². The Morgan fingerprint density at radius 3 is 2.46 bits per heavy atom. The highest BCUT2D eigenvalue weighted by Gasteiger charge is 2.35. The van der Waals surface area contributed by atoms with Gasteiger partial charge in [0.1, 0.15) is 18.1 Å². The van der Waals surface area contributed by atoms with Crippen LogP contribution < -0.4 is 15.5 Å². The van der Waals surface area contributed by atoms with E-state index in [1.54, 1.807) is 35.6 Å². The second kappa shape index (κ2) is 12.5. The van der Waals surface area contributed by atoms with E-state index in [0.717, 1.165) is 27.9 Å². The third kappa shape index (κ3) is 6.14. The van der Waals surface area contributed by atoms with Crippen LogP contribution in [0.5, 0.6) is 0 Å². The summed E-state index contributed by atoms with van der Waals surface area (Å²) in [5.74, 6) is 0.744. The number of ether oxygens (including phenoxy) is 1. The van der Waals surface area contributed by atoms with Gasteiger partial charge in [-0.2, -0.15) is 4.98 Å². The Morgan fingerprint density at radius 2 is 1.67 bits per heavy atom. The zero-order valence-corrected chi connectivity index (χ0v) is 25.1.